The lowest BCUT2D eigenvalue weighted by molar-refractivity contribution is 0.0185. The Balaban J connectivity index is 1.47. The smallest absolute Gasteiger partial charge is 0.00127 e. The van der Waals surface area contributed by atoms with Crippen molar-refractivity contribution in [2.24, 2.45) is 23.7 Å². The molecule has 0 saturated carbocycles. The Bertz CT molecular complexity index is 582. The monoisotopic (exact) mass is 468 g/mol. The van der Waals surface area contributed by atoms with E-state index in [9.17, 15) is 0 Å². The molecule has 0 aromatic carbocycles. The molecular formula is C32H56N2. The van der Waals surface area contributed by atoms with Gasteiger partial charge in [0.25, 0.3) is 0 Å². The first kappa shape index (κ1) is 26.5. The molecule has 0 amide bonds. The Kier molecular flexibility index (Phi) is 12.1. The van der Waals surface area contributed by atoms with Gasteiger partial charge in [0, 0.05) is 19.6 Å². The predicted octanol–water partition coefficient (Wildman–Crippen LogP) is 8.24. The summed E-state index contributed by atoms with van der Waals surface area (Å²) in [5, 5.41) is 0. The molecule has 2 saturated heterocycles. The molecular weight excluding hydrogens is 412 g/mol. The van der Waals surface area contributed by atoms with Gasteiger partial charge in [0.15, 0.2) is 0 Å². The summed E-state index contributed by atoms with van der Waals surface area (Å²) < 4.78 is 0. The highest BCUT2D eigenvalue weighted by Gasteiger charge is 2.38. The van der Waals surface area contributed by atoms with E-state index in [1.807, 2.05) is 0 Å². The van der Waals surface area contributed by atoms with Crippen LogP contribution in [0.3, 0.4) is 0 Å². The van der Waals surface area contributed by atoms with Crippen LogP contribution >= 0.6 is 0 Å². The third-order valence-electron chi connectivity index (χ3n) is 9.58. The quantitative estimate of drug-likeness (QED) is 0.330. The second-order valence-electron chi connectivity index (χ2n) is 12.3. The molecule has 0 aromatic heterocycles. The largest absolute Gasteiger partial charge is 0.303 e. The molecule has 5 heterocycles. The van der Waals surface area contributed by atoms with Crippen LogP contribution in [0, 0.1) is 23.7 Å². The average Bonchev–Trinajstić information content (AvgIpc) is 2.85. The van der Waals surface area contributed by atoms with Crippen molar-refractivity contribution >= 4 is 0 Å². The number of piperidine rings is 2. The highest BCUT2D eigenvalue weighted by atomic mass is 15.1. The summed E-state index contributed by atoms with van der Waals surface area (Å²) in [5.74, 6) is 3.89. The number of fused-ring (bicyclic) bond motifs is 10. The summed E-state index contributed by atoms with van der Waals surface area (Å²) in [6.45, 7) is 8.30. The van der Waals surface area contributed by atoms with E-state index in [4.69, 9.17) is 0 Å². The summed E-state index contributed by atoms with van der Waals surface area (Å²) >= 11 is 0. The fourth-order valence-electron chi connectivity index (χ4n) is 7.69. The highest BCUT2D eigenvalue weighted by molar-refractivity contribution is 4.91. The maximum atomic E-state index is 2.93. The molecule has 6 atom stereocenters. The van der Waals surface area contributed by atoms with Crippen molar-refractivity contribution in [3.8, 4) is 0 Å². The van der Waals surface area contributed by atoms with Crippen LogP contribution in [0.5, 0.6) is 0 Å². The number of hydrogen-bond donors (Lipinski definition) is 0. The summed E-state index contributed by atoms with van der Waals surface area (Å²) in [7, 11) is 0. The van der Waals surface area contributed by atoms with E-state index in [-0.39, 0.29) is 0 Å². The Hall–Kier alpha value is -0.600. The molecule has 34 heavy (non-hydrogen) atoms. The first-order valence-electron chi connectivity index (χ1n) is 15.6. The van der Waals surface area contributed by atoms with Gasteiger partial charge in [-0.05, 0) is 133 Å². The maximum absolute atomic E-state index is 2.93. The molecule has 0 spiro atoms. The SMILES string of the molecule is C1=CCCCCN2C[C@H]3CCCCC=CCCCCN4CC[C@@H]([C@H](CCCCCC1)C4)[C@H](C3)C2. The molecule has 6 bridgehead atoms. The van der Waals surface area contributed by atoms with Gasteiger partial charge in [-0.1, -0.05) is 50.0 Å². The zero-order valence-electron chi connectivity index (χ0n) is 22.5. The Labute approximate surface area is 212 Å². The van der Waals surface area contributed by atoms with E-state index in [1.165, 1.54) is 155 Å². The molecule has 0 N–H and O–H groups in total. The third-order valence-corrected chi connectivity index (χ3v) is 9.58. The van der Waals surface area contributed by atoms with Crippen molar-refractivity contribution in [2.75, 3.05) is 39.3 Å². The molecule has 5 aliphatic heterocycles. The molecule has 0 aromatic rings. The first-order chi connectivity index (χ1) is 16.9. The van der Waals surface area contributed by atoms with Gasteiger partial charge in [0.05, 0.1) is 0 Å². The van der Waals surface area contributed by atoms with Gasteiger partial charge in [0.2, 0.25) is 0 Å². The van der Waals surface area contributed by atoms with Crippen molar-refractivity contribution in [1.82, 2.24) is 9.80 Å². The van der Waals surface area contributed by atoms with Gasteiger partial charge in [-0.2, -0.15) is 0 Å². The minimum absolute atomic E-state index is 0.957. The molecule has 0 radical (unpaired) electrons. The summed E-state index contributed by atoms with van der Waals surface area (Å²) in [6.07, 6.45) is 35.4. The molecule has 0 aliphatic carbocycles. The topological polar surface area (TPSA) is 6.48 Å². The zero-order valence-corrected chi connectivity index (χ0v) is 22.5. The lowest BCUT2D eigenvalue weighted by Gasteiger charge is -2.47. The first-order valence-corrected chi connectivity index (χ1v) is 15.6. The predicted molar refractivity (Wildman–Crippen MR) is 148 cm³/mol. The average molecular weight is 469 g/mol. The second kappa shape index (κ2) is 15.5. The number of hydrogen-bond acceptors (Lipinski definition) is 2. The van der Waals surface area contributed by atoms with Crippen LogP contribution in [0.1, 0.15) is 116 Å². The van der Waals surface area contributed by atoms with Crippen molar-refractivity contribution in [1.29, 1.82) is 0 Å². The Morgan fingerprint density at radius 3 is 1.79 bits per heavy atom. The molecule has 5 rings (SSSR count). The lowest BCUT2D eigenvalue weighted by atomic mass is 9.69. The van der Waals surface area contributed by atoms with Crippen molar-refractivity contribution in [3.63, 3.8) is 0 Å². The highest BCUT2D eigenvalue weighted by Crippen LogP contribution is 2.40. The van der Waals surface area contributed by atoms with Crippen LogP contribution in [0.2, 0.25) is 0 Å². The van der Waals surface area contributed by atoms with Gasteiger partial charge < -0.3 is 9.80 Å². The van der Waals surface area contributed by atoms with Crippen molar-refractivity contribution < 1.29 is 0 Å². The van der Waals surface area contributed by atoms with Gasteiger partial charge >= 0.3 is 0 Å². The lowest BCUT2D eigenvalue weighted by Crippen LogP contribution is -2.49. The molecule has 5 aliphatic rings. The van der Waals surface area contributed by atoms with E-state index < -0.39 is 0 Å². The van der Waals surface area contributed by atoms with Crippen LogP contribution in [0.25, 0.3) is 0 Å². The summed E-state index contributed by atoms with van der Waals surface area (Å²) in [4.78, 5) is 5.80. The van der Waals surface area contributed by atoms with Crippen molar-refractivity contribution in [2.45, 2.75) is 116 Å². The summed E-state index contributed by atoms with van der Waals surface area (Å²) in [5.41, 5.74) is 0. The van der Waals surface area contributed by atoms with Gasteiger partial charge in [-0.15, -0.1) is 0 Å². The minimum atomic E-state index is 0.957. The van der Waals surface area contributed by atoms with Gasteiger partial charge in [-0.3, -0.25) is 0 Å². The zero-order chi connectivity index (χ0) is 23.3. The number of allylic oxidation sites excluding steroid dienone is 4. The molecule has 2 nitrogen and oxygen atoms in total. The standard InChI is InChI=1S/C32H56N2/c1-2-5-10-14-18-23-34-26-29-19-15-11-7-4-6-9-13-17-22-33-24-21-32(31(25-29)28-34)30(27-33)20-16-12-8-3-1/h2,4-6,29-32H,1,3,7-28H2/t29-,30+,31+,32-/m0/s1. The van der Waals surface area contributed by atoms with E-state index in [1.54, 1.807) is 0 Å². The Morgan fingerprint density at radius 1 is 0.441 bits per heavy atom. The normalized spacial score (nSPS) is 37.9. The fourth-order valence-corrected chi connectivity index (χ4v) is 7.69. The third kappa shape index (κ3) is 9.12. The molecule has 194 valence electrons. The van der Waals surface area contributed by atoms with Crippen LogP contribution < -0.4 is 0 Å². The van der Waals surface area contributed by atoms with E-state index in [0.717, 1.165) is 23.7 Å². The van der Waals surface area contributed by atoms with E-state index >= 15 is 0 Å². The molecule has 2 unspecified atom stereocenters. The van der Waals surface area contributed by atoms with Crippen LogP contribution in [-0.4, -0.2) is 49.1 Å². The van der Waals surface area contributed by atoms with Gasteiger partial charge in [-0.25, -0.2) is 0 Å². The van der Waals surface area contributed by atoms with Crippen LogP contribution in [0.15, 0.2) is 24.3 Å². The molecule has 2 heteroatoms. The second-order valence-corrected chi connectivity index (χ2v) is 12.3. The molecule has 2 fully saturated rings. The maximum Gasteiger partial charge on any atom is 0.00127 e. The Morgan fingerprint density at radius 2 is 1.03 bits per heavy atom. The van der Waals surface area contributed by atoms with Gasteiger partial charge in [0.1, 0.15) is 0 Å². The van der Waals surface area contributed by atoms with Crippen LogP contribution in [0.4, 0.5) is 0 Å². The number of nitrogens with zero attached hydrogens (tertiary/aromatic N) is 2. The summed E-state index contributed by atoms with van der Waals surface area (Å²) in [6, 6.07) is 0. The van der Waals surface area contributed by atoms with E-state index in [2.05, 4.69) is 34.1 Å². The van der Waals surface area contributed by atoms with E-state index in [0.29, 0.717) is 0 Å². The number of rotatable bonds is 0. The fraction of sp³-hybridized carbons (Fsp3) is 0.875. The minimum Gasteiger partial charge on any atom is -0.303 e. The van der Waals surface area contributed by atoms with Crippen molar-refractivity contribution in [3.05, 3.63) is 24.3 Å². The van der Waals surface area contributed by atoms with Crippen LogP contribution in [-0.2, 0) is 0 Å².